The Hall–Kier alpha value is -1.54. The van der Waals surface area contributed by atoms with Crippen molar-refractivity contribution < 1.29 is 18.3 Å². The van der Waals surface area contributed by atoms with Crippen LogP contribution in [0.15, 0.2) is 17.7 Å². The second-order valence-electron chi connectivity index (χ2n) is 8.84. The maximum Gasteiger partial charge on any atom is 0.412 e. The molecular formula is C23H26Cl2F3N3O. The Kier molecular flexibility index (Phi) is 6.65. The van der Waals surface area contributed by atoms with Gasteiger partial charge in [-0.15, -0.1) is 0 Å². The first-order valence-electron chi connectivity index (χ1n) is 10.7. The van der Waals surface area contributed by atoms with Crippen molar-refractivity contribution in [3.05, 3.63) is 56.1 Å². The van der Waals surface area contributed by atoms with E-state index in [1.807, 2.05) is 6.07 Å². The number of piperidine rings is 1. The number of hydrogen-bond donors (Lipinski definition) is 1. The van der Waals surface area contributed by atoms with E-state index in [4.69, 9.17) is 23.2 Å². The van der Waals surface area contributed by atoms with Gasteiger partial charge in [0.05, 0.1) is 22.5 Å². The molecule has 2 aliphatic rings. The fraction of sp³-hybridized carbons (Fsp3) is 0.522. The number of aromatic nitrogens is 2. The summed E-state index contributed by atoms with van der Waals surface area (Å²) < 4.78 is 41.6. The van der Waals surface area contributed by atoms with Gasteiger partial charge in [0, 0.05) is 43.1 Å². The van der Waals surface area contributed by atoms with E-state index in [9.17, 15) is 18.3 Å². The van der Waals surface area contributed by atoms with Gasteiger partial charge in [-0.25, -0.2) is 4.98 Å². The summed E-state index contributed by atoms with van der Waals surface area (Å²) in [6, 6.07) is 3.69. The Labute approximate surface area is 195 Å². The summed E-state index contributed by atoms with van der Waals surface area (Å²) in [5.41, 5.74) is 2.24. The molecule has 32 heavy (non-hydrogen) atoms. The zero-order valence-corrected chi connectivity index (χ0v) is 19.5. The number of halogens is 5. The SMILES string of the molecule is CC1CC(C(F)(F)F)=Cc2c1nc(Cc1c(Cl)ccc(CN3CCCC(O)C3)c1Cl)n2C. The van der Waals surface area contributed by atoms with Crippen molar-refractivity contribution in [2.45, 2.75) is 57.3 Å². The van der Waals surface area contributed by atoms with E-state index in [2.05, 4.69) is 9.88 Å². The minimum atomic E-state index is -4.35. The predicted octanol–water partition coefficient (Wildman–Crippen LogP) is 5.73. The van der Waals surface area contributed by atoms with Crippen LogP contribution >= 0.6 is 23.2 Å². The minimum Gasteiger partial charge on any atom is -0.392 e. The summed E-state index contributed by atoms with van der Waals surface area (Å²) in [4.78, 5) is 6.84. The number of benzene rings is 1. The first-order chi connectivity index (χ1) is 15.0. The van der Waals surface area contributed by atoms with Gasteiger partial charge in [-0.3, -0.25) is 4.90 Å². The molecule has 0 spiro atoms. The summed E-state index contributed by atoms with van der Waals surface area (Å²) in [6.07, 6.45) is -1.49. The van der Waals surface area contributed by atoms with E-state index in [-0.39, 0.29) is 18.4 Å². The van der Waals surface area contributed by atoms with Crippen LogP contribution in [0.3, 0.4) is 0 Å². The van der Waals surface area contributed by atoms with E-state index in [0.717, 1.165) is 24.9 Å². The smallest absolute Gasteiger partial charge is 0.392 e. The van der Waals surface area contributed by atoms with Crippen LogP contribution in [0.2, 0.25) is 10.0 Å². The number of nitrogens with zero attached hydrogens (tertiary/aromatic N) is 3. The van der Waals surface area contributed by atoms with Gasteiger partial charge in [0.2, 0.25) is 0 Å². The lowest BCUT2D eigenvalue weighted by Gasteiger charge is -2.30. The van der Waals surface area contributed by atoms with Crippen molar-refractivity contribution in [2.75, 3.05) is 13.1 Å². The van der Waals surface area contributed by atoms with Crippen LogP contribution in [-0.4, -0.2) is 44.9 Å². The third kappa shape index (κ3) is 4.72. The molecule has 1 fully saturated rings. The number of allylic oxidation sites excluding steroid dienone is 1. The normalized spacial score (nSPS) is 22.1. The largest absolute Gasteiger partial charge is 0.412 e. The highest BCUT2D eigenvalue weighted by Crippen LogP contribution is 2.41. The molecule has 1 aromatic carbocycles. The second kappa shape index (κ2) is 9.01. The molecule has 1 aromatic heterocycles. The van der Waals surface area contributed by atoms with E-state index in [1.54, 1.807) is 24.6 Å². The molecule has 4 rings (SSSR count). The van der Waals surface area contributed by atoms with Crippen LogP contribution in [0.1, 0.15) is 60.4 Å². The summed E-state index contributed by atoms with van der Waals surface area (Å²) in [5, 5.41) is 11.0. The van der Waals surface area contributed by atoms with E-state index >= 15 is 0 Å². The van der Waals surface area contributed by atoms with Gasteiger partial charge in [0.1, 0.15) is 5.82 Å². The van der Waals surface area contributed by atoms with Gasteiger partial charge in [0.15, 0.2) is 0 Å². The van der Waals surface area contributed by atoms with Crippen LogP contribution in [-0.2, 0) is 20.0 Å². The van der Waals surface area contributed by atoms with E-state index in [1.165, 1.54) is 6.08 Å². The van der Waals surface area contributed by atoms with Gasteiger partial charge in [-0.05, 0) is 49.1 Å². The van der Waals surface area contributed by atoms with Crippen molar-refractivity contribution in [1.29, 1.82) is 0 Å². The highest BCUT2D eigenvalue weighted by atomic mass is 35.5. The quantitative estimate of drug-likeness (QED) is 0.598. The monoisotopic (exact) mass is 487 g/mol. The van der Waals surface area contributed by atoms with Crippen molar-refractivity contribution >= 4 is 29.3 Å². The molecule has 0 bridgehead atoms. The zero-order chi connectivity index (χ0) is 23.2. The van der Waals surface area contributed by atoms with Gasteiger partial charge in [0.25, 0.3) is 0 Å². The number of alkyl halides is 3. The topological polar surface area (TPSA) is 41.3 Å². The van der Waals surface area contributed by atoms with E-state index in [0.29, 0.717) is 52.3 Å². The van der Waals surface area contributed by atoms with Crippen LogP contribution in [0.4, 0.5) is 13.2 Å². The molecule has 2 atom stereocenters. The van der Waals surface area contributed by atoms with Crippen LogP contribution in [0, 0.1) is 0 Å². The Bertz CT molecular complexity index is 1050. The molecule has 9 heteroatoms. The Balaban J connectivity index is 1.63. The predicted molar refractivity (Wildman–Crippen MR) is 120 cm³/mol. The molecule has 0 saturated carbocycles. The maximum atomic E-state index is 13.3. The maximum absolute atomic E-state index is 13.3. The lowest BCUT2D eigenvalue weighted by Crippen LogP contribution is -2.37. The molecule has 1 aliphatic heterocycles. The lowest BCUT2D eigenvalue weighted by atomic mass is 9.90. The van der Waals surface area contributed by atoms with Crippen LogP contribution in [0.5, 0.6) is 0 Å². The lowest BCUT2D eigenvalue weighted by molar-refractivity contribution is -0.0937. The molecule has 1 aliphatic carbocycles. The highest BCUT2D eigenvalue weighted by Gasteiger charge is 2.38. The molecule has 1 saturated heterocycles. The Morgan fingerprint density at radius 3 is 2.69 bits per heavy atom. The molecule has 1 N–H and O–H groups in total. The molecule has 0 amide bonds. The van der Waals surface area contributed by atoms with Crippen molar-refractivity contribution in [1.82, 2.24) is 14.5 Å². The van der Waals surface area contributed by atoms with Crippen molar-refractivity contribution in [3.63, 3.8) is 0 Å². The van der Waals surface area contributed by atoms with Gasteiger partial charge in [-0.1, -0.05) is 36.2 Å². The third-order valence-electron chi connectivity index (χ3n) is 6.40. The number of fused-ring (bicyclic) bond motifs is 1. The zero-order valence-electron chi connectivity index (χ0n) is 18.0. The molecule has 2 heterocycles. The second-order valence-corrected chi connectivity index (χ2v) is 9.62. The average molecular weight is 488 g/mol. The number of β-amino-alcohol motifs (C(OH)–C–C–N with tert-alkyl or cyclic N) is 1. The minimum absolute atomic E-state index is 0.0777. The number of likely N-dealkylation sites (tertiary alicyclic amines) is 1. The summed E-state index contributed by atoms with van der Waals surface area (Å²) in [6.45, 7) is 3.86. The molecule has 0 radical (unpaired) electrons. The first kappa shape index (κ1) is 23.6. The van der Waals surface area contributed by atoms with E-state index < -0.39 is 11.7 Å². The molecule has 2 aromatic rings. The first-order valence-corrected chi connectivity index (χ1v) is 11.5. The van der Waals surface area contributed by atoms with Crippen molar-refractivity contribution in [3.8, 4) is 0 Å². The number of hydrogen-bond acceptors (Lipinski definition) is 3. The van der Waals surface area contributed by atoms with Crippen molar-refractivity contribution in [2.24, 2.45) is 7.05 Å². The van der Waals surface area contributed by atoms with Crippen LogP contribution < -0.4 is 0 Å². The number of aliphatic hydroxyl groups is 1. The van der Waals surface area contributed by atoms with Gasteiger partial charge in [-0.2, -0.15) is 13.2 Å². The Morgan fingerprint density at radius 1 is 1.25 bits per heavy atom. The molecule has 4 nitrogen and oxygen atoms in total. The number of aliphatic hydroxyl groups excluding tert-OH is 1. The molecular weight excluding hydrogens is 462 g/mol. The van der Waals surface area contributed by atoms with Gasteiger partial charge >= 0.3 is 6.18 Å². The molecule has 2 unspecified atom stereocenters. The Morgan fingerprint density at radius 2 is 2.00 bits per heavy atom. The fourth-order valence-electron chi connectivity index (χ4n) is 4.63. The summed E-state index contributed by atoms with van der Waals surface area (Å²) in [7, 11) is 1.73. The third-order valence-corrected chi connectivity index (χ3v) is 7.23. The number of imidazole rings is 1. The van der Waals surface area contributed by atoms with Crippen LogP contribution in [0.25, 0.3) is 6.08 Å². The summed E-state index contributed by atoms with van der Waals surface area (Å²) >= 11 is 13.2. The fourth-order valence-corrected chi connectivity index (χ4v) is 5.19. The average Bonchev–Trinajstić information content (AvgIpc) is 3.03. The standard InChI is InChI=1S/C23H26Cl2F3N3O/c1-13-8-15(23(26,27)28)9-19-22(13)29-20(30(19)2)10-17-18(24)6-5-14(21(17)25)11-31-7-3-4-16(32)12-31/h5-6,9,13,16,32H,3-4,7-8,10-12H2,1-2H3. The highest BCUT2D eigenvalue weighted by molar-refractivity contribution is 6.36. The summed E-state index contributed by atoms with van der Waals surface area (Å²) in [5.74, 6) is 0.297. The van der Waals surface area contributed by atoms with Gasteiger partial charge < -0.3 is 9.67 Å². The molecule has 174 valence electrons. The number of rotatable bonds is 4.